The van der Waals surface area contributed by atoms with Gasteiger partial charge in [0.2, 0.25) is 0 Å². The molecule has 0 bridgehead atoms. The summed E-state index contributed by atoms with van der Waals surface area (Å²) in [6, 6.07) is 12.4. The van der Waals surface area contributed by atoms with Gasteiger partial charge < -0.3 is 9.73 Å². The van der Waals surface area contributed by atoms with Crippen molar-refractivity contribution in [2.24, 2.45) is 0 Å². The molecule has 1 aliphatic rings. The lowest BCUT2D eigenvalue weighted by Gasteiger charge is -2.19. The normalized spacial score (nSPS) is 22.1. The predicted octanol–water partition coefficient (Wildman–Crippen LogP) is 2.25. The summed E-state index contributed by atoms with van der Waals surface area (Å²) in [4.78, 5) is 25.8. The lowest BCUT2D eigenvalue weighted by atomic mass is 9.99. The van der Waals surface area contributed by atoms with Gasteiger partial charge in [0.25, 0.3) is 5.91 Å². The maximum atomic E-state index is 12.5. The van der Waals surface area contributed by atoms with E-state index in [0.717, 1.165) is 5.56 Å². The molecular formula is C15H14N2O3. The van der Waals surface area contributed by atoms with E-state index in [-0.39, 0.29) is 12.5 Å². The fraction of sp³-hybridized carbons (Fsp3) is 0.200. The van der Waals surface area contributed by atoms with Gasteiger partial charge in [-0.3, -0.25) is 9.69 Å². The second kappa shape index (κ2) is 4.52. The van der Waals surface area contributed by atoms with E-state index < -0.39 is 11.6 Å². The number of hydrogen-bond acceptors (Lipinski definition) is 3. The maximum Gasteiger partial charge on any atom is 0.325 e. The van der Waals surface area contributed by atoms with Gasteiger partial charge in [-0.05, 0) is 24.6 Å². The monoisotopic (exact) mass is 270 g/mol. The topological polar surface area (TPSA) is 62.6 Å². The number of urea groups is 1. The highest BCUT2D eigenvalue weighted by Crippen LogP contribution is 2.29. The molecule has 20 heavy (non-hydrogen) atoms. The quantitative estimate of drug-likeness (QED) is 0.870. The van der Waals surface area contributed by atoms with Crippen molar-refractivity contribution in [3.8, 4) is 0 Å². The minimum atomic E-state index is -1.13. The highest BCUT2D eigenvalue weighted by molar-refractivity contribution is 6.06. The van der Waals surface area contributed by atoms with E-state index in [4.69, 9.17) is 4.42 Å². The Morgan fingerprint density at radius 2 is 1.90 bits per heavy atom. The number of benzene rings is 1. The molecule has 1 atom stereocenters. The van der Waals surface area contributed by atoms with Crippen LogP contribution in [0.3, 0.4) is 0 Å². The van der Waals surface area contributed by atoms with E-state index in [1.807, 2.05) is 30.3 Å². The van der Waals surface area contributed by atoms with Gasteiger partial charge in [-0.2, -0.15) is 0 Å². The first-order valence-corrected chi connectivity index (χ1v) is 6.33. The lowest BCUT2D eigenvalue weighted by molar-refractivity contribution is -0.132. The molecule has 1 fully saturated rings. The predicted molar refractivity (Wildman–Crippen MR) is 71.6 cm³/mol. The summed E-state index contributed by atoms with van der Waals surface area (Å²) in [5, 5.41) is 2.70. The van der Waals surface area contributed by atoms with Crippen LogP contribution in [-0.4, -0.2) is 16.8 Å². The highest BCUT2D eigenvalue weighted by atomic mass is 16.3. The molecule has 2 heterocycles. The van der Waals surface area contributed by atoms with Crippen LogP contribution in [0.25, 0.3) is 0 Å². The summed E-state index contributed by atoms with van der Waals surface area (Å²) in [7, 11) is 0. The van der Waals surface area contributed by atoms with E-state index in [1.54, 1.807) is 19.1 Å². The molecule has 1 unspecified atom stereocenters. The second-order valence-electron chi connectivity index (χ2n) is 4.91. The standard InChI is InChI=1S/C15H14N2O3/c1-15(12-8-5-9-20-12)13(18)17(14(19)16-15)10-11-6-3-2-4-7-11/h2-9H,10H2,1H3,(H,16,19). The van der Waals surface area contributed by atoms with Crippen molar-refractivity contribution in [2.75, 3.05) is 0 Å². The summed E-state index contributed by atoms with van der Waals surface area (Å²) in [5.41, 5.74) is -0.227. The van der Waals surface area contributed by atoms with Gasteiger partial charge in [-0.15, -0.1) is 0 Å². The van der Waals surface area contributed by atoms with Crippen molar-refractivity contribution in [1.29, 1.82) is 0 Å². The van der Waals surface area contributed by atoms with Crippen molar-refractivity contribution in [3.63, 3.8) is 0 Å². The maximum absolute atomic E-state index is 12.5. The average molecular weight is 270 g/mol. The third kappa shape index (κ3) is 1.87. The first-order valence-electron chi connectivity index (χ1n) is 6.33. The fourth-order valence-electron chi connectivity index (χ4n) is 2.34. The SMILES string of the molecule is CC1(c2ccco2)NC(=O)N(Cc2ccccc2)C1=O. The third-order valence-corrected chi connectivity index (χ3v) is 3.47. The second-order valence-corrected chi connectivity index (χ2v) is 4.91. The number of rotatable bonds is 3. The Bertz CT molecular complexity index is 636. The zero-order chi connectivity index (χ0) is 14.2. The van der Waals surface area contributed by atoms with E-state index >= 15 is 0 Å². The fourth-order valence-corrected chi connectivity index (χ4v) is 2.34. The molecule has 1 aromatic carbocycles. The molecule has 5 nitrogen and oxygen atoms in total. The first kappa shape index (κ1) is 12.5. The Kier molecular flexibility index (Phi) is 2.82. The Hall–Kier alpha value is -2.56. The number of nitrogens with one attached hydrogen (secondary N) is 1. The van der Waals surface area contributed by atoms with Crippen LogP contribution in [0.1, 0.15) is 18.2 Å². The molecule has 5 heteroatoms. The van der Waals surface area contributed by atoms with Gasteiger partial charge in [0.05, 0.1) is 12.8 Å². The first-order chi connectivity index (χ1) is 9.61. The third-order valence-electron chi connectivity index (χ3n) is 3.47. The Morgan fingerprint density at radius 3 is 2.55 bits per heavy atom. The zero-order valence-electron chi connectivity index (χ0n) is 11.0. The van der Waals surface area contributed by atoms with Crippen LogP contribution >= 0.6 is 0 Å². The van der Waals surface area contributed by atoms with Crippen molar-refractivity contribution < 1.29 is 14.0 Å². The zero-order valence-corrected chi connectivity index (χ0v) is 11.0. The van der Waals surface area contributed by atoms with Crippen LogP contribution in [0.4, 0.5) is 4.79 Å². The number of carbonyl (C=O) groups excluding carboxylic acids is 2. The van der Waals surface area contributed by atoms with Crippen LogP contribution in [0, 0.1) is 0 Å². The molecule has 102 valence electrons. The molecule has 0 spiro atoms. The summed E-state index contributed by atoms with van der Waals surface area (Å²) >= 11 is 0. The lowest BCUT2D eigenvalue weighted by Crippen LogP contribution is -2.40. The van der Waals surface area contributed by atoms with Crippen LogP contribution in [0.2, 0.25) is 0 Å². The van der Waals surface area contributed by atoms with Gasteiger partial charge in [-0.25, -0.2) is 4.79 Å². The number of amides is 3. The van der Waals surface area contributed by atoms with E-state index in [9.17, 15) is 9.59 Å². The smallest absolute Gasteiger partial charge is 0.325 e. The number of nitrogens with zero attached hydrogens (tertiary/aromatic N) is 1. The molecule has 3 rings (SSSR count). The Balaban J connectivity index is 1.88. The van der Waals surface area contributed by atoms with Gasteiger partial charge in [-0.1, -0.05) is 30.3 Å². The summed E-state index contributed by atoms with van der Waals surface area (Å²) in [6.45, 7) is 1.90. The van der Waals surface area contributed by atoms with Gasteiger partial charge in [0.15, 0.2) is 5.54 Å². The molecule has 1 aromatic heterocycles. The number of furan rings is 1. The molecule has 0 aliphatic carbocycles. The van der Waals surface area contributed by atoms with Gasteiger partial charge in [0.1, 0.15) is 5.76 Å². The highest BCUT2D eigenvalue weighted by Gasteiger charge is 2.50. The minimum Gasteiger partial charge on any atom is -0.466 e. The number of hydrogen-bond donors (Lipinski definition) is 1. The van der Waals surface area contributed by atoms with E-state index in [1.165, 1.54) is 11.2 Å². The van der Waals surface area contributed by atoms with Crippen molar-refractivity contribution in [1.82, 2.24) is 10.2 Å². The molecular weight excluding hydrogens is 256 g/mol. The molecule has 1 saturated heterocycles. The average Bonchev–Trinajstić information content (AvgIpc) is 3.05. The van der Waals surface area contributed by atoms with E-state index in [0.29, 0.717) is 5.76 Å². The molecule has 1 aliphatic heterocycles. The molecule has 0 radical (unpaired) electrons. The van der Waals surface area contributed by atoms with Crippen molar-refractivity contribution in [2.45, 2.75) is 19.0 Å². The molecule has 0 saturated carbocycles. The van der Waals surface area contributed by atoms with Crippen molar-refractivity contribution >= 4 is 11.9 Å². The van der Waals surface area contributed by atoms with Gasteiger partial charge >= 0.3 is 6.03 Å². The molecule has 3 amide bonds. The van der Waals surface area contributed by atoms with Crippen LogP contribution in [0.15, 0.2) is 53.1 Å². The molecule has 1 N–H and O–H groups in total. The largest absolute Gasteiger partial charge is 0.466 e. The van der Waals surface area contributed by atoms with Crippen LogP contribution < -0.4 is 5.32 Å². The van der Waals surface area contributed by atoms with Crippen LogP contribution in [0.5, 0.6) is 0 Å². The van der Waals surface area contributed by atoms with Gasteiger partial charge in [0, 0.05) is 0 Å². The number of imide groups is 1. The Labute approximate surface area is 116 Å². The summed E-state index contributed by atoms with van der Waals surface area (Å²) < 4.78 is 5.28. The number of carbonyl (C=O) groups is 2. The summed E-state index contributed by atoms with van der Waals surface area (Å²) in [5.74, 6) is 0.132. The summed E-state index contributed by atoms with van der Waals surface area (Å²) in [6.07, 6.45) is 1.49. The van der Waals surface area contributed by atoms with Crippen molar-refractivity contribution in [3.05, 3.63) is 60.1 Å². The Morgan fingerprint density at radius 1 is 1.15 bits per heavy atom. The minimum absolute atomic E-state index is 0.252. The molecule has 2 aromatic rings. The van der Waals surface area contributed by atoms with Crippen LogP contribution in [-0.2, 0) is 16.9 Å². The van der Waals surface area contributed by atoms with E-state index in [2.05, 4.69) is 5.32 Å².